The van der Waals surface area contributed by atoms with Crippen molar-refractivity contribution < 1.29 is 4.79 Å². The molecule has 2 fully saturated rings. The number of anilines is 1. The second kappa shape index (κ2) is 5.30. The van der Waals surface area contributed by atoms with Crippen LogP contribution in [0.2, 0.25) is 0 Å². The predicted molar refractivity (Wildman–Crippen MR) is 85.7 cm³/mol. The van der Waals surface area contributed by atoms with Gasteiger partial charge in [0.15, 0.2) is 0 Å². The number of nitrogens with one attached hydrogen (secondary N) is 1. The first-order chi connectivity index (χ1) is 10.3. The lowest BCUT2D eigenvalue weighted by Gasteiger charge is -2.32. The summed E-state index contributed by atoms with van der Waals surface area (Å²) < 4.78 is 4.52. The number of benzene rings is 1. The normalized spacial score (nSPS) is 22.5. The van der Waals surface area contributed by atoms with Gasteiger partial charge in [0, 0.05) is 24.5 Å². The maximum atomic E-state index is 12.3. The summed E-state index contributed by atoms with van der Waals surface area (Å²) in [4.78, 5) is 14.6. The van der Waals surface area contributed by atoms with Gasteiger partial charge in [-0.15, -0.1) is 0 Å². The van der Waals surface area contributed by atoms with E-state index in [0.29, 0.717) is 6.04 Å². The number of nitrogens with zero attached hydrogens (tertiary/aromatic N) is 2. The van der Waals surface area contributed by atoms with Gasteiger partial charge in [-0.2, -0.15) is 4.37 Å². The van der Waals surface area contributed by atoms with Crippen LogP contribution < -0.4 is 10.2 Å². The summed E-state index contributed by atoms with van der Waals surface area (Å²) in [7, 11) is 0. The Labute approximate surface area is 128 Å². The van der Waals surface area contributed by atoms with Crippen LogP contribution in [-0.2, 0) is 4.79 Å². The Morgan fingerprint density at radius 2 is 2.14 bits per heavy atom. The molecule has 1 atom stereocenters. The Balaban J connectivity index is 1.53. The molecule has 0 radical (unpaired) electrons. The Morgan fingerprint density at radius 1 is 1.29 bits per heavy atom. The molecule has 1 saturated carbocycles. The average Bonchev–Trinajstić information content (AvgIpc) is 3.23. The number of hydrogen-bond donors (Lipinski definition) is 1. The quantitative estimate of drug-likeness (QED) is 0.948. The summed E-state index contributed by atoms with van der Waals surface area (Å²) in [6.07, 6.45) is 4.39. The van der Waals surface area contributed by atoms with E-state index in [9.17, 15) is 4.79 Å². The van der Waals surface area contributed by atoms with Crippen molar-refractivity contribution in [2.24, 2.45) is 5.92 Å². The number of aromatic nitrogens is 1. The van der Waals surface area contributed by atoms with Crippen molar-refractivity contribution in [2.75, 3.05) is 18.0 Å². The zero-order valence-electron chi connectivity index (χ0n) is 11.9. The molecule has 1 saturated heterocycles. The highest BCUT2D eigenvalue weighted by molar-refractivity contribution is 7.11. The molecule has 2 aromatic rings. The number of carbonyl (C=O) groups excluding carboxylic acids is 1. The van der Waals surface area contributed by atoms with Gasteiger partial charge in [-0.1, -0.05) is 12.1 Å². The monoisotopic (exact) mass is 301 g/mol. The van der Waals surface area contributed by atoms with Crippen molar-refractivity contribution in [2.45, 2.75) is 31.7 Å². The summed E-state index contributed by atoms with van der Waals surface area (Å²) in [5.41, 5.74) is 1.06. The van der Waals surface area contributed by atoms with Crippen LogP contribution in [0.4, 0.5) is 5.00 Å². The van der Waals surface area contributed by atoms with Crippen LogP contribution in [0.15, 0.2) is 24.3 Å². The second-order valence-corrected chi connectivity index (χ2v) is 6.82. The van der Waals surface area contributed by atoms with Gasteiger partial charge < -0.3 is 10.2 Å². The molecule has 1 aliphatic carbocycles. The SMILES string of the molecule is O=C(NC1CC1)C1CCCN(c2snc3ccccc23)C1. The third-order valence-electron chi connectivity index (χ3n) is 4.37. The van der Waals surface area contributed by atoms with Gasteiger partial charge in [-0.3, -0.25) is 4.79 Å². The average molecular weight is 301 g/mol. The molecule has 0 spiro atoms. The first-order valence-corrected chi connectivity index (χ1v) is 8.48. The van der Waals surface area contributed by atoms with Crippen LogP contribution in [0.3, 0.4) is 0 Å². The highest BCUT2D eigenvalue weighted by atomic mass is 32.1. The third kappa shape index (κ3) is 2.62. The molecule has 1 aromatic heterocycles. The van der Waals surface area contributed by atoms with Crippen LogP contribution in [-0.4, -0.2) is 29.4 Å². The van der Waals surface area contributed by atoms with Crippen molar-refractivity contribution in [3.05, 3.63) is 24.3 Å². The lowest BCUT2D eigenvalue weighted by Crippen LogP contribution is -2.43. The third-order valence-corrected chi connectivity index (χ3v) is 5.31. The van der Waals surface area contributed by atoms with E-state index < -0.39 is 0 Å². The summed E-state index contributed by atoms with van der Waals surface area (Å²) in [5.74, 6) is 0.372. The molecule has 0 bridgehead atoms. The van der Waals surface area contributed by atoms with Crippen molar-refractivity contribution in [3.63, 3.8) is 0 Å². The van der Waals surface area contributed by atoms with E-state index in [4.69, 9.17) is 0 Å². The lowest BCUT2D eigenvalue weighted by atomic mass is 9.97. The fourth-order valence-corrected chi connectivity index (χ4v) is 3.92. The minimum atomic E-state index is 0.125. The van der Waals surface area contributed by atoms with E-state index in [2.05, 4.69) is 32.8 Å². The first kappa shape index (κ1) is 13.1. The molecule has 2 heterocycles. The molecule has 110 valence electrons. The van der Waals surface area contributed by atoms with Crippen molar-refractivity contribution in [1.82, 2.24) is 9.69 Å². The molecule has 21 heavy (non-hydrogen) atoms. The van der Waals surface area contributed by atoms with Crippen LogP contribution in [0.1, 0.15) is 25.7 Å². The van der Waals surface area contributed by atoms with Crippen LogP contribution in [0, 0.1) is 5.92 Å². The van der Waals surface area contributed by atoms with Crippen molar-refractivity contribution >= 4 is 33.3 Å². The fourth-order valence-electron chi connectivity index (χ4n) is 3.03. The number of fused-ring (bicyclic) bond motifs is 1. The molecule has 4 rings (SSSR count). The zero-order valence-corrected chi connectivity index (χ0v) is 12.7. The first-order valence-electron chi connectivity index (χ1n) is 7.71. The Hall–Kier alpha value is -1.62. The number of carbonyl (C=O) groups is 1. The van der Waals surface area contributed by atoms with Gasteiger partial charge in [-0.05, 0) is 49.3 Å². The largest absolute Gasteiger partial charge is 0.361 e. The van der Waals surface area contributed by atoms with Crippen LogP contribution >= 0.6 is 11.5 Å². The van der Waals surface area contributed by atoms with Gasteiger partial charge >= 0.3 is 0 Å². The van der Waals surface area contributed by atoms with E-state index in [1.165, 1.54) is 10.4 Å². The minimum absolute atomic E-state index is 0.125. The van der Waals surface area contributed by atoms with Gasteiger partial charge in [0.25, 0.3) is 0 Å². The number of amides is 1. The number of piperidine rings is 1. The molecule has 1 unspecified atom stereocenters. The molecular formula is C16H19N3OS. The number of hydrogen-bond acceptors (Lipinski definition) is 4. The van der Waals surface area contributed by atoms with E-state index in [1.54, 1.807) is 11.5 Å². The van der Waals surface area contributed by atoms with Crippen LogP contribution in [0.25, 0.3) is 10.9 Å². The molecule has 1 N–H and O–H groups in total. The summed E-state index contributed by atoms with van der Waals surface area (Å²) >= 11 is 1.55. The Bertz CT molecular complexity index is 664. The molecule has 1 aromatic carbocycles. The number of rotatable bonds is 3. The standard InChI is InChI=1S/C16H19N3OS/c20-15(17-12-7-8-12)11-4-3-9-19(10-11)16-13-5-1-2-6-14(13)18-21-16/h1-2,5-6,11-12H,3-4,7-10H2,(H,17,20). The summed E-state index contributed by atoms with van der Waals surface area (Å²) in [6.45, 7) is 1.85. The highest BCUT2D eigenvalue weighted by Crippen LogP contribution is 2.34. The smallest absolute Gasteiger partial charge is 0.225 e. The molecular weight excluding hydrogens is 282 g/mol. The van der Waals surface area contributed by atoms with E-state index in [1.807, 2.05) is 6.07 Å². The van der Waals surface area contributed by atoms with Crippen molar-refractivity contribution in [3.8, 4) is 0 Å². The summed E-state index contributed by atoms with van der Waals surface area (Å²) in [6, 6.07) is 8.71. The molecule has 1 amide bonds. The zero-order chi connectivity index (χ0) is 14.2. The Kier molecular flexibility index (Phi) is 3.30. The topological polar surface area (TPSA) is 45.2 Å². The predicted octanol–water partition coefficient (Wildman–Crippen LogP) is 2.79. The second-order valence-electron chi connectivity index (χ2n) is 6.07. The van der Waals surface area contributed by atoms with Gasteiger partial charge in [0.05, 0.1) is 11.4 Å². The molecule has 1 aliphatic heterocycles. The molecule has 2 aliphatic rings. The summed E-state index contributed by atoms with van der Waals surface area (Å²) in [5, 5.41) is 5.58. The van der Waals surface area contributed by atoms with Crippen LogP contribution in [0.5, 0.6) is 0 Å². The fraction of sp³-hybridized carbons (Fsp3) is 0.500. The lowest BCUT2D eigenvalue weighted by molar-refractivity contribution is -0.125. The maximum Gasteiger partial charge on any atom is 0.225 e. The van der Waals surface area contributed by atoms with E-state index >= 15 is 0 Å². The van der Waals surface area contributed by atoms with Gasteiger partial charge in [-0.25, -0.2) is 0 Å². The van der Waals surface area contributed by atoms with E-state index in [-0.39, 0.29) is 11.8 Å². The van der Waals surface area contributed by atoms with E-state index in [0.717, 1.165) is 44.3 Å². The molecule has 4 nitrogen and oxygen atoms in total. The van der Waals surface area contributed by atoms with Crippen molar-refractivity contribution in [1.29, 1.82) is 0 Å². The maximum absolute atomic E-state index is 12.3. The highest BCUT2D eigenvalue weighted by Gasteiger charge is 2.31. The van der Waals surface area contributed by atoms with Gasteiger partial charge in [0.2, 0.25) is 5.91 Å². The molecule has 5 heteroatoms. The Morgan fingerprint density at radius 3 is 3.00 bits per heavy atom. The minimum Gasteiger partial charge on any atom is -0.361 e. The van der Waals surface area contributed by atoms with Gasteiger partial charge in [0.1, 0.15) is 5.00 Å².